The number of cyclic esters (lactones) is 1. The zero-order valence-corrected chi connectivity index (χ0v) is 20.3. The van der Waals surface area contributed by atoms with E-state index in [9.17, 15) is 4.79 Å². The largest absolute Gasteiger partial charge is 0.495 e. The molecule has 1 atom stereocenters. The van der Waals surface area contributed by atoms with E-state index in [1.807, 2.05) is 31.2 Å². The Hall–Kier alpha value is -2.64. The minimum atomic E-state index is -0.281. The summed E-state index contributed by atoms with van der Waals surface area (Å²) in [5.74, 6) is 0.773. The van der Waals surface area contributed by atoms with Crippen LogP contribution in [-0.4, -0.2) is 55.9 Å². The number of rotatable bonds is 8. The number of hydrogen-bond acceptors (Lipinski definition) is 5. The van der Waals surface area contributed by atoms with Gasteiger partial charge < -0.3 is 14.4 Å². The van der Waals surface area contributed by atoms with Crippen molar-refractivity contribution in [3.8, 4) is 5.75 Å². The van der Waals surface area contributed by atoms with Crippen molar-refractivity contribution in [2.45, 2.75) is 25.9 Å². The number of carbonyl (C=O) groups excluding carboxylic acids is 1. The summed E-state index contributed by atoms with van der Waals surface area (Å²) in [6, 6.07) is 14.2. The second kappa shape index (κ2) is 9.88. The molecule has 1 unspecified atom stereocenters. The summed E-state index contributed by atoms with van der Waals surface area (Å²) in [5.41, 5.74) is 4.25. The summed E-state index contributed by atoms with van der Waals surface area (Å²) >= 11 is 3.54. The van der Waals surface area contributed by atoms with Gasteiger partial charge in [0.1, 0.15) is 11.9 Å². The lowest BCUT2D eigenvalue weighted by molar-refractivity contribution is 0.117. The fraction of sp³-hybridized carbons (Fsp3) is 0.360. The molecule has 4 rings (SSSR count). The van der Waals surface area contributed by atoms with Crippen molar-refractivity contribution in [2.24, 2.45) is 0 Å². The number of benzene rings is 2. The molecule has 2 aromatic carbocycles. The Kier molecular flexibility index (Phi) is 6.96. The number of amides is 1. The van der Waals surface area contributed by atoms with Crippen LogP contribution in [0.2, 0.25) is 0 Å². The Balaban J connectivity index is 1.31. The van der Waals surface area contributed by atoms with E-state index < -0.39 is 0 Å². The number of methoxy groups -OCH3 is 1. The molecule has 6 nitrogen and oxygen atoms in total. The van der Waals surface area contributed by atoms with Crippen molar-refractivity contribution in [1.82, 2.24) is 9.88 Å². The van der Waals surface area contributed by atoms with E-state index in [1.165, 1.54) is 5.56 Å². The van der Waals surface area contributed by atoms with Crippen LogP contribution < -0.4 is 9.64 Å². The average molecular weight is 498 g/mol. The Labute approximate surface area is 197 Å². The molecule has 0 radical (unpaired) electrons. The van der Waals surface area contributed by atoms with Gasteiger partial charge in [-0.1, -0.05) is 34.1 Å². The van der Waals surface area contributed by atoms with Crippen molar-refractivity contribution >= 4 is 38.6 Å². The molecule has 168 valence electrons. The van der Waals surface area contributed by atoms with E-state index >= 15 is 0 Å². The summed E-state index contributed by atoms with van der Waals surface area (Å²) in [7, 11) is 3.74. The summed E-state index contributed by atoms with van der Waals surface area (Å²) in [4.78, 5) is 20.8. The Morgan fingerprint density at radius 1 is 1.28 bits per heavy atom. The monoisotopic (exact) mass is 497 g/mol. The highest BCUT2D eigenvalue weighted by Crippen LogP contribution is 2.27. The van der Waals surface area contributed by atoms with Gasteiger partial charge in [-0.2, -0.15) is 0 Å². The first-order valence-corrected chi connectivity index (χ1v) is 11.6. The average Bonchev–Trinajstić information content (AvgIpc) is 3.15. The summed E-state index contributed by atoms with van der Waals surface area (Å²) in [5, 5.41) is 1.14. The molecule has 32 heavy (non-hydrogen) atoms. The van der Waals surface area contributed by atoms with Crippen LogP contribution in [0.4, 0.5) is 10.5 Å². The maximum atomic E-state index is 12.4. The van der Waals surface area contributed by atoms with Gasteiger partial charge in [0.2, 0.25) is 0 Å². The van der Waals surface area contributed by atoms with E-state index in [2.05, 4.69) is 51.1 Å². The van der Waals surface area contributed by atoms with Crippen molar-refractivity contribution in [3.63, 3.8) is 0 Å². The first-order chi connectivity index (χ1) is 15.4. The van der Waals surface area contributed by atoms with Crippen LogP contribution in [-0.2, 0) is 11.2 Å². The molecule has 1 aromatic heterocycles. The number of aromatic nitrogens is 1. The van der Waals surface area contributed by atoms with Gasteiger partial charge in [0.15, 0.2) is 0 Å². The van der Waals surface area contributed by atoms with Gasteiger partial charge >= 0.3 is 6.09 Å². The molecule has 1 amide bonds. The number of hydrogen-bond donors (Lipinski definition) is 0. The van der Waals surface area contributed by atoms with E-state index in [-0.39, 0.29) is 12.2 Å². The second-order valence-electron chi connectivity index (χ2n) is 8.27. The molecule has 1 aliphatic heterocycles. The van der Waals surface area contributed by atoms with Gasteiger partial charge in [0, 0.05) is 22.1 Å². The van der Waals surface area contributed by atoms with E-state index in [1.54, 1.807) is 18.2 Å². The number of aryl methyl sites for hydroxylation is 2. The normalized spacial score (nSPS) is 16.1. The predicted molar refractivity (Wildman–Crippen MR) is 131 cm³/mol. The van der Waals surface area contributed by atoms with Crippen LogP contribution in [0, 0.1) is 6.92 Å². The van der Waals surface area contributed by atoms with Gasteiger partial charge in [-0.05, 0) is 68.8 Å². The lowest BCUT2D eigenvalue weighted by Gasteiger charge is -2.20. The summed E-state index contributed by atoms with van der Waals surface area (Å²) < 4.78 is 12.0. The summed E-state index contributed by atoms with van der Waals surface area (Å²) in [6.07, 6.45) is 3.28. The van der Waals surface area contributed by atoms with Crippen molar-refractivity contribution in [1.29, 1.82) is 0 Å². The minimum absolute atomic E-state index is 0.140. The van der Waals surface area contributed by atoms with Crippen LogP contribution >= 0.6 is 15.9 Å². The Bertz CT molecular complexity index is 1120. The third-order valence-corrected chi connectivity index (χ3v) is 6.72. The van der Waals surface area contributed by atoms with Crippen LogP contribution in [0.1, 0.15) is 17.5 Å². The number of halogens is 1. The van der Waals surface area contributed by atoms with E-state index in [0.29, 0.717) is 13.1 Å². The van der Waals surface area contributed by atoms with Gasteiger partial charge in [-0.15, -0.1) is 0 Å². The highest BCUT2D eigenvalue weighted by molar-refractivity contribution is 9.10. The zero-order chi connectivity index (χ0) is 22.7. The van der Waals surface area contributed by atoms with Gasteiger partial charge in [-0.3, -0.25) is 9.88 Å². The molecule has 0 spiro atoms. The van der Waals surface area contributed by atoms with Crippen molar-refractivity contribution < 1.29 is 14.3 Å². The molecule has 1 saturated heterocycles. The number of pyridine rings is 1. The Morgan fingerprint density at radius 3 is 2.91 bits per heavy atom. The van der Waals surface area contributed by atoms with Crippen LogP contribution in [0.3, 0.4) is 0 Å². The lowest BCUT2D eigenvalue weighted by atomic mass is 10.0. The maximum Gasteiger partial charge on any atom is 0.414 e. The number of ether oxygens (including phenoxy) is 2. The first kappa shape index (κ1) is 22.6. The SMILES string of the molecule is COc1cnc2cccc(CCCN(C)CC3CN(c4ccc(C)c(Br)c4)C(=O)O3)c2c1. The highest BCUT2D eigenvalue weighted by Gasteiger charge is 2.33. The highest BCUT2D eigenvalue weighted by atomic mass is 79.9. The van der Waals surface area contributed by atoms with Crippen molar-refractivity contribution in [3.05, 3.63) is 64.3 Å². The van der Waals surface area contributed by atoms with Gasteiger partial charge in [0.25, 0.3) is 0 Å². The molecular formula is C25H28BrN3O3. The van der Waals surface area contributed by atoms with Gasteiger partial charge in [-0.25, -0.2) is 4.79 Å². The molecule has 0 saturated carbocycles. The minimum Gasteiger partial charge on any atom is -0.495 e. The molecule has 2 heterocycles. The Morgan fingerprint density at radius 2 is 2.12 bits per heavy atom. The standard InChI is InChI=1S/C25H28BrN3O3/c1-17-9-10-19(12-23(17)26)29-16-21(32-25(29)30)15-28(2)11-5-7-18-6-4-8-24-22(18)13-20(31-3)14-27-24/h4,6,8-10,12-14,21H,5,7,11,15-16H2,1-3H3. The number of likely N-dealkylation sites (N-methyl/N-ethyl adjacent to an activating group) is 1. The van der Waals surface area contributed by atoms with Gasteiger partial charge in [0.05, 0.1) is 25.4 Å². The first-order valence-electron chi connectivity index (χ1n) is 10.8. The number of carbonyl (C=O) groups is 1. The fourth-order valence-electron chi connectivity index (χ4n) is 4.08. The molecule has 0 aliphatic carbocycles. The van der Waals surface area contributed by atoms with Crippen molar-refractivity contribution in [2.75, 3.05) is 38.7 Å². The molecule has 3 aromatic rings. The van der Waals surface area contributed by atoms with Crippen LogP contribution in [0.15, 0.2) is 53.1 Å². The number of fused-ring (bicyclic) bond motifs is 1. The number of nitrogens with zero attached hydrogens (tertiary/aromatic N) is 3. The summed E-state index contributed by atoms with van der Waals surface area (Å²) in [6.45, 7) is 4.21. The smallest absolute Gasteiger partial charge is 0.414 e. The quantitative estimate of drug-likeness (QED) is 0.427. The molecule has 0 bridgehead atoms. The second-order valence-corrected chi connectivity index (χ2v) is 9.13. The van der Waals surface area contributed by atoms with Crippen LogP contribution in [0.5, 0.6) is 5.75 Å². The molecule has 1 fully saturated rings. The molecular weight excluding hydrogens is 470 g/mol. The van der Waals surface area contributed by atoms with E-state index in [4.69, 9.17) is 9.47 Å². The topological polar surface area (TPSA) is 54.9 Å². The maximum absolute atomic E-state index is 12.4. The third-order valence-electron chi connectivity index (χ3n) is 5.87. The van der Waals surface area contributed by atoms with Crippen LogP contribution in [0.25, 0.3) is 10.9 Å². The lowest BCUT2D eigenvalue weighted by Crippen LogP contribution is -2.33. The van der Waals surface area contributed by atoms with E-state index in [0.717, 1.165) is 51.8 Å². The third kappa shape index (κ3) is 5.05. The zero-order valence-electron chi connectivity index (χ0n) is 18.7. The number of anilines is 1. The molecule has 7 heteroatoms. The molecule has 0 N–H and O–H groups in total. The fourth-order valence-corrected chi connectivity index (χ4v) is 4.44. The molecule has 1 aliphatic rings. The predicted octanol–water partition coefficient (Wildman–Crippen LogP) is 5.20.